The molecule has 478 valence electrons. The van der Waals surface area contributed by atoms with E-state index in [1.807, 2.05) is 12.1 Å². The minimum Gasteiger partial charge on any atom is -0.394 e. The molecule has 4 aromatic carbocycles. The van der Waals surface area contributed by atoms with Gasteiger partial charge in [0.2, 0.25) is 34.4 Å². The monoisotopic (exact) mass is 1480 g/mol. The van der Waals surface area contributed by atoms with Crippen LogP contribution >= 0.6 is 0 Å². The molecule has 0 aliphatic heterocycles. The number of benzene rings is 4. The summed E-state index contributed by atoms with van der Waals surface area (Å²) >= 11 is 0. The maximum atomic E-state index is 13.0. The number of nitrogens with zero attached hydrogens (tertiary/aromatic N) is 10. The fraction of sp³-hybridized carbons (Fsp3) is 0.261. The maximum Gasteiger partial charge on any atom is 0.296 e. The van der Waals surface area contributed by atoms with Crippen molar-refractivity contribution in [2.45, 2.75) is 42.2 Å². The average Bonchev–Trinajstić information content (AvgIpc) is 0.809. The average molecular weight is 1480 g/mol. The molecule has 0 aliphatic carbocycles. The molecule has 0 fully saturated rings. The zero-order chi connectivity index (χ0) is 64.8. The van der Waals surface area contributed by atoms with E-state index in [9.17, 15) is 98.6 Å². The summed E-state index contributed by atoms with van der Waals surface area (Å²) in [6.45, 7) is -1.29. The van der Waals surface area contributed by atoms with Crippen LogP contribution in [0.15, 0.2) is 122 Å². The second kappa shape index (κ2) is 40.8. The number of aromatic amines is 4. The summed E-state index contributed by atoms with van der Waals surface area (Å²) in [6, 6.07) is 13.8. The quantitative estimate of drug-likeness (QED) is 0.0105. The predicted octanol–water partition coefficient (Wildman–Crippen LogP) is -2.46. The standard InChI is InChI=1S/C46H50N14O22S6.6Na/c47-13-1-15-59(17-21-81-23-19-61)45-55-41(53-43(57-45)51-35-27-33(83(63,64)65)9-11-37(35)85(69,70)71)49-31-7-5-29(39(25-31)87(75,76)77)3-4-30-6-8-32(26-40(30)88(78,79)80)50-42-54-44(58-46(56-42)60(16-2-14-48)18-22-82-24-20-62)52-36-28-34(84(66,67)68)10-12-38(36)86(72,73)74;;;;;;/h3-12,25-28,61-62H,1-2,15-24H2,(H,63,64,65)(H,66,67,68)(H,69,70,71)(H,72,73,74)(H,75,76,77)(H,78,79,80)(H2,49,51,53,55,57)(H2,50,52,54,56,58);;;;;;. The minimum absolute atomic E-state index is 0. The Labute approximate surface area is 669 Å². The molecule has 0 unspecified atom stereocenters. The Kier molecular flexibility index (Phi) is 39.8. The van der Waals surface area contributed by atoms with Crippen LogP contribution in [0.5, 0.6) is 0 Å². The van der Waals surface area contributed by atoms with Crippen molar-refractivity contribution in [3.8, 4) is 12.1 Å². The van der Waals surface area contributed by atoms with Crippen molar-refractivity contribution < 1.29 is 97.5 Å². The summed E-state index contributed by atoms with van der Waals surface area (Å²) in [6.07, 6.45) is 1.73. The van der Waals surface area contributed by atoms with Gasteiger partial charge in [0.15, 0.2) is 0 Å². The molecule has 0 saturated heterocycles. The van der Waals surface area contributed by atoms with Crippen molar-refractivity contribution in [3.05, 3.63) is 106 Å². The molecule has 0 bridgehead atoms. The number of hydrogen-bond acceptors (Lipinski definition) is 26. The molecule has 36 nitrogen and oxygen atoms in total. The van der Waals surface area contributed by atoms with Crippen LogP contribution in [0.4, 0.5) is 34.6 Å². The van der Waals surface area contributed by atoms with Crippen molar-refractivity contribution in [1.82, 2.24) is 29.9 Å². The Morgan fingerprint density at radius 3 is 1.07 bits per heavy atom. The molecule has 0 saturated carbocycles. The second-order valence-corrected chi connectivity index (χ2v) is 25.9. The molecule has 6 rings (SSSR count). The van der Waals surface area contributed by atoms with Gasteiger partial charge in [0.25, 0.3) is 60.7 Å². The molecular formula is C46H50N14Na6O22S6. The van der Waals surface area contributed by atoms with E-state index in [1.165, 1.54) is 21.9 Å². The molecule has 48 heteroatoms. The number of aliphatic hydroxyl groups is 2. The third kappa shape index (κ3) is 28.0. The van der Waals surface area contributed by atoms with Gasteiger partial charge in [-0.25, -0.2) is 20.0 Å². The van der Waals surface area contributed by atoms with Crippen LogP contribution < -0.4 is 32.3 Å². The van der Waals surface area contributed by atoms with E-state index in [-0.39, 0.29) is 290 Å². The van der Waals surface area contributed by atoms with Crippen molar-refractivity contribution in [2.75, 3.05) is 75.6 Å². The molecule has 0 amide bonds. The van der Waals surface area contributed by atoms with Gasteiger partial charge in [-0.05, 0) is 71.8 Å². The van der Waals surface area contributed by atoms with Crippen LogP contribution in [0.1, 0.15) is 24.0 Å². The van der Waals surface area contributed by atoms with E-state index in [0.29, 0.717) is 36.4 Å². The van der Waals surface area contributed by atoms with Gasteiger partial charge in [0.1, 0.15) is 19.6 Å². The molecule has 2 heterocycles. The Balaban J connectivity index is 0.0000144. The van der Waals surface area contributed by atoms with Crippen LogP contribution in [0.25, 0.3) is 12.2 Å². The van der Waals surface area contributed by atoms with E-state index in [2.05, 4.69) is 49.9 Å². The summed E-state index contributed by atoms with van der Waals surface area (Å²) < 4.78 is 220. The van der Waals surface area contributed by atoms with Gasteiger partial charge in [-0.2, -0.15) is 71.0 Å². The molecule has 12 N–H and O–H groups in total. The first kappa shape index (κ1) is 91.7. The fourth-order valence-electron chi connectivity index (χ4n) is 7.51. The minimum atomic E-state index is -5.24. The van der Waals surface area contributed by atoms with Gasteiger partial charge in [-0.15, -0.1) is 0 Å². The SMILES string of the molecule is N#CCCN(CCOCCO)c1nc(=Nc2ccc(C=Cc3ccc(N=c4nc(N(CCC#N)CCOCCO)[nH]c(=Nc5cc(S(=O)(=O)O)ccc5S(=O)(=O)O)[nH]4)cc3S(=O)(=O)O)c(S(=O)(=O)O)c2)[nH]c(=Nc2cc(S(=O)(=O)O)ccc2S(=O)(=O)O)[nH]1.[Na].[Na].[Na].[Na].[Na].[Na]. The molecule has 2 aromatic heterocycles. The third-order valence-electron chi connectivity index (χ3n) is 11.4. The smallest absolute Gasteiger partial charge is 0.296 e. The van der Waals surface area contributed by atoms with Gasteiger partial charge in [-0.1, -0.05) is 24.3 Å². The third-order valence-corrected chi connectivity index (χ3v) is 16.7. The summed E-state index contributed by atoms with van der Waals surface area (Å²) in [5.41, 5.74) is -4.79. The van der Waals surface area contributed by atoms with Crippen LogP contribution in [0.2, 0.25) is 0 Å². The number of anilines is 2. The number of nitriles is 2. The Morgan fingerprint density at radius 1 is 0.436 bits per heavy atom. The Morgan fingerprint density at radius 2 is 0.777 bits per heavy atom. The molecule has 94 heavy (non-hydrogen) atoms. The normalized spacial score (nSPS) is 12.6. The van der Waals surface area contributed by atoms with Crippen LogP contribution in [-0.2, 0) is 70.2 Å². The first-order chi connectivity index (χ1) is 41.2. The molecule has 6 aromatic rings. The zero-order valence-corrected chi connectivity index (χ0v) is 67.7. The van der Waals surface area contributed by atoms with E-state index in [0.717, 1.165) is 36.4 Å². The summed E-state index contributed by atoms with van der Waals surface area (Å²) in [4.78, 5) is 33.5. The Bertz CT molecular complexity index is 4480. The molecule has 0 spiro atoms. The summed E-state index contributed by atoms with van der Waals surface area (Å²) in [5.74, 6) is -0.393. The number of nitrogens with one attached hydrogen (secondary N) is 4. The van der Waals surface area contributed by atoms with Crippen LogP contribution in [0.3, 0.4) is 0 Å². The fourth-order valence-corrected chi connectivity index (χ4v) is 11.1. The van der Waals surface area contributed by atoms with Gasteiger partial charge < -0.3 is 29.5 Å². The van der Waals surface area contributed by atoms with E-state index < -0.39 is 124 Å². The van der Waals surface area contributed by atoms with Gasteiger partial charge >= 0.3 is 0 Å². The van der Waals surface area contributed by atoms with E-state index >= 15 is 0 Å². The zero-order valence-electron chi connectivity index (χ0n) is 50.8. The first-order valence-electron chi connectivity index (χ1n) is 24.5. The number of ether oxygens (including phenoxy) is 2. The van der Waals surface area contributed by atoms with E-state index in [4.69, 9.17) is 9.47 Å². The topological polar surface area (TPSA) is 578 Å². The Hall–Kier alpha value is -2.28. The molecular weight excluding hydrogens is 1430 g/mol. The molecule has 6 radical (unpaired) electrons. The van der Waals surface area contributed by atoms with Gasteiger partial charge in [0.05, 0.1) is 97.2 Å². The second-order valence-electron chi connectivity index (χ2n) is 17.5. The van der Waals surface area contributed by atoms with Crippen molar-refractivity contribution >= 4 is 285 Å². The van der Waals surface area contributed by atoms with Crippen LogP contribution in [-0.4, -0.2) is 361 Å². The van der Waals surface area contributed by atoms with Crippen molar-refractivity contribution in [3.63, 3.8) is 0 Å². The predicted molar refractivity (Wildman–Crippen MR) is 336 cm³/mol. The molecule has 0 atom stereocenters. The summed E-state index contributed by atoms with van der Waals surface area (Å²) in [7, 11) is -30.7. The van der Waals surface area contributed by atoms with Crippen LogP contribution in [0, 0.1) is 22.7 Å². The first-order valence-corrected chi connectivity index (χ1v) is 33.2. The molecule has 0 aliphatic rings. The largest absolute Gasteiger partial charge is 0.394 e. The number of hydrogen-bond donors (Lipinski definition) is 12. The number of aromatic nitrogens is 6. The summed E-state index contributed by atoms with van der Waals surface area (Å²) in [5, 5.41) is 37.2. The van der Waals surface area contributed by atoms with Gasteiger partial charge in [-0.3, -0.25) is 47.3 Å². The van der Waals surface area contributed by atoms with E-state index in [1.54, 1.807) is 0 Å². The van der Waals surface area contributed by atoms with Gasteiger partial charge in [0, 0.05) is 204 Å². The maximum absolute atomic E-state index is 13.0. The number of aliphatic hydroxyl groups excluding tert-OH is 2. The van der Waals surface area contributed by atoms with Crippen molar-refractivity contribution in [1.29, 1.82) is 10.5 Å². The van der Waals surface area contributed by atoms with Crippen molar-refractivity contribution in [2.24, 2.45) is 20.0 Å². The number of rotatable bonds is 28. The number of H-pyrrole nitrogens is 4.